The summed E-state index contributed by atoms with van der Waals surface area (Å²) in [5.41, 5.74) is 3.91. The van der Waals surface area contributed by atoms with E-state index in [1.807, 2.05) is 19.9 Å². The number of benzene rings is 3. The van der Waals surface area contributed by atoms with Crippen molar-refractivity contribution in [2.45, 2.75) is 18.7 Å². The van der Waals surface area contributed by atoms with E-state index in [0.29, 0.717) is 21.9 Å². The van der Waals surface area contributed by atoms with E-state index in [9.17, 15) is 18.0 Å². The minimum atomic E-state index is -4.07. The maximum Gasteiger partial charge on any atom is 0.328 e. The number of nitrogens with zero attached hydrogens (tertiary/aromatic N) is 3. The highest BCUT2D eigenvalue weighted by atomic mass is 35.5. The van der Waals surface area contributed by atoms with Crippen molar-refractivity contribution in [3.63, 3.8) is 0 Å². The van der Waals surface area contributed by atoms with Gasteiger partial charge in [-0.2, -0.15) is 0 Å². The molecule has 0 aliphatic heterocycles. The molecule has 0 fully saturated rings. The molecule has 1 aromatic heterocycles. The summed E-state index contributed by atoms with van der Waals surface area (Å²) < 4.78 is 31.2. The van der Waals surface area contributed by atoms with Crippen LogP contribution in [0.25, 0.3) is 11.0 Å². The van der Waals surface area contributed by atoms with Gasteiger partial charge in [-0.15, -0.1) is 0 Å². The number of hydrogen-bond acceptors (Lipinski definition) is 4. The number of amides is 1. The van der Waals surface area contributed by atoms with Crippen LogP contribution in [-0.4, -0.2) is 30.0 Å². The summed E-state index contributed by atoms with van der Waals surface area (Å²) in [7, 11) is -0.745. The SMILES string of the molecule is Cc1ccc(N(CC(=O)Nc2ccc3c(c2)n(C)c(=O)n3C)S(=O)(=O)c2ccc(Cl)cc2)cc1C. The van der Waals surface area contributed by atoms with Gasteiger partial charge in [0.25, 0.3) is 10.0 Å². The van der Waals surface area contributed by atoms with E-state index < -0.39 is 22.5 Å². The lowest BCUT2D eigenvalue weighted by Crippen LogP contribution is -2.38. The first-order valence-corrected chi connectivity index (χ1v) is 12.6. The fourth-order valence-corrected chi connectivity index (χ4v) is 5.38. The van der Waals surface area contributed by atoms with Crippen LogP contribution in [-0.2, 0) is 28.9 Å². The van der Waals surface area contributed by atoms with Crippen molar-refractivity contribution in [3.05, 3.63) is 87.3 Å². The van der Waals surface area contributed by atoms with E-state index in [-0.39, 0.29) is 10.6 Å². The molecule has 10 heteroatoms. The third kappa shape index (κ3) is 4.69. The number of halogens is 1. The number of aromatic nitrogens is 2. The Labute approximate surface area is 208 Å². The monoisotopic (exact) mass is 512 g/mol. The van der Waals surface area contributed by atoms with Gasteiger partial charge in [0.2, 0.25) is 5.91 Å². The number of nitrogens with one attached hydrogen (secondary N) is 1. The van der Waals surface area contributed by atoms with E-state index in [1.165, 1.54) is 33.4 Å². The second kappa shape index (κ2) is 9.24. The van der Waals surface area contributed by atoms with E-state index >= 15 is 0 Å². The van der Waals surface area contributed by atoms with Crippen molar-refractivity contribution in [3.8, 4) is 0 Å². The zero-order chi connectivity index (χ0) is 25.5. The Morgan fingerprint density at radius 2 is 1.57 bits per heavy atom. The topological polar surface area (TPSA) is 93.4 Å². The van der Waals surface area contributed by atoms with E-state index in [1.54, 1.807) is 44.4 Å². The minimum Gasteiger partial charge on any atom is -0.324 e. The van der Waals surface area contributed by atoms with Crippen molar-refractivity contribution >= 4 is 49.9 Å². The number of anilines is 2. The van der Waals surface area contributed by atoms with Gasteiger partial charge < -0.3 is 5.32 Å². The van der Waals surface area contributed by atoms with Crippen LogP contribution >= 0.6 is 11.6 Å². The number of carbonyl (C=O) groups is 1. The van der Waals surface area contributed by atoms with Crippen molar-refractivity contribution < 1.29 is 13.2 Å². The molecular formula is C25H25ClN4O4S. The standard InChI is InChI=1S/C25H25ClN4O4S/c1-16-5-9-20(13-17(16)2)30(35(33,34)21-10-6-18(26)7-11-21)15-24(31)27-19-8-12-22-23(14-19)29(4)25(32)28(22)3/h5-14H,15H2,1-4H3,(H,27,31). The number of sulfonamides is 1. The second-order valence-electron chi connectivity index (χ2n) is 8.39. The molecule has 8 nitrogen and oxygen atoms in total. The van der Waals surface area contributed by atoms with Gasteiger partial charge in [0.15, 0.2) is 0 Å². The summed E-state index contributed by atoms with van der Waals surface area (Å²) in [4.78, 5) is 25.3. The summed E-state index contributed by atoms with van der Waals surface area (Å²) in [6.07, 6.45) is 0. The zero-order valence-electron chi connectivity index (χ0n) is 19.7. The highest BCUT2D eigenvalue weighted by Crippen LogP contribution is 2.27. The van der Waals surface area contributed by atoms with E-state index in [0.717, 1.165) is 20.9 Å². The van der Waals surface area contributed by atoms with Gasteiger partial charge in [0.05, 0.1) is 21.6 Å². The maximum absolute atomic E-state index is 13.5. The molecule has 0 radical (unpaired) electrons. The maximum atomic E-state index is 13.5. The van der Waals surface area contributed by atoms with Crippen LogP contribution in [0.2, 0.25) is 5.02 Å². The zero-order valence-corrected chi connectivity index (χ0v) is 21.3. The highest BCUT2D eigenvalue weighted by Gasteiger charge is 2.27. The van der Waals surface area contributed by atoms with Gasteiger partial charge in [-0.1, -0.05) is 17.7 Å². The highest BCUT2D eigenvalue weighted by molar-refractivity contribution is 7.92. The Balaban J connectivity index is 1.69. The molecule has 182 valence electrons. The summed E-state index contributed by atoms with van der Waals surface area (Å²) in [6.45, 7) is 3.36. The normalized spacial score (nSPS) is 11.6. The largest absolute Gasteiger partial charge is 0.328 e. The van der Waals surface area contributed by atoms with Crippen LogP contribution in [0.3, 0.4) is 0 Å². The van der Waals surface area contributed by atoms with Crippen LogP contribution in [0, 0.1) is 13.8 Å². The van der Waals surface area contributed by atoms with Crippen LogP contribution in [0.5, 0.6) is 0 Å². The van der Waals surface area contributed by atoms with Gasteiger partial charge in [0, 0.05) is 24.8 Å². The number of imidazole rings is 1. The fourth-order valence-electron chi connectivity index (χ4n) is 3.85. The van der Waals surface area contributed by atoms with Crippen LogP contribution < -0.4 is 15.3 Å². The smallest absolute Gasteiger partial charge is 0.324 e. The van der Waals surface area contributed by atoms with Crippen molar-refractivity contribution in [2.24, 2.45) is 14.1 Å². The Morgan fingerprint density at radius 3 is 2.23 bits per heavy atom. The van der Waals surface area contributed by atoms with Crippen molar-refractivity contribution in [2.75, 3.05) is 16.2 Å². The first-order valence-electron chi connectivity index (χ1n) is 10.8. The molecule has 0 atom stereocenters. The first kappa shape index (κ1) is 24.6. The Bertz CT molecular complexity index is 1610. The first-order chi connectivity index (χ1) is 16.5. The summed E-state index contributed by atoms with van der Waals surface area (Å²) in [5, 5.41) is 3.17. The Hall–Kier alpha value is -3.56. The van der Waals surface area contributed by atoms with Gasteiger partial charge in [-0.25, -0.2) is 13.2 Å². The molecule has 0 saturated carbocycles. The second-order valence-corrected chi connectivity index (χ2v) is 10.7. The predicted molar refractivity (Wildman–Crippen MR) is 139 cm³/mol. The lowest BCUT2D eigenvalue weighted by molar-refractivity contribution is -0.114. The number of fused-ring (bicyclic) bond motifs is 1. The van der Waals surface area contributed by atoms with Crippen LogP contribution in [0.15, 0.2) is 70.4 Å². The number of rotatable bonds is 6. The Kier molecular flexibility index (Phi) is 6.48. The summed E-state index contributed by atoms with van der Waals surface area (Å²) >= 11 is 5.94. The van der Waals surface area contributed by atoms with Crippen LogP contribution in [0.4, 0.5) is 11.4 Å². The van der Waals surface area contributed by atoms with E-state index in [4.69, 9.17) is 11.6 Å². The van der Waals surface area contributed by atoms with Crippen molar-refractivity contribution in [1.29, 1.82) is 0 Å². The Morgan fingerprint density at radius 1 is 0.914 bits per heavy atom. The molecule has 0 spiro atoms. The molecule has 4 aromatic rings. The van der Waals surface area contributed by atoms with Crippen LogP contribution in [0.1, 0.15) is 11.1 Å². The lowest BCUT2D eigenvalue weighted by atomic mass is 10.1. The molecule has 0 unspecified atom stereocenters. The van der Waals surface area contributed by atoms with Gasteiger partial charge in [-0.3, -0.25) is 18.2 Å². The molecule has 1 N–H and O–H groups in total. The van der Waals surface area contributed by atoms with E-state index in [2.05, 4.69) is 5.32 Å². The molecule has 3 aromatic carbocycles. The van der Waals surface area contributed by atoms with Gasteiger partial charge in [-0.05, 0) is 79.6 Å². The van der Waals surface area contributed by atoms with Gasteiger partial charge in [0.1, 0.15) is 6.54 Å². The summed E-state index contributed by atoms with van der Waals surface area (Å²) in [5.74, 6) is -0.527. The quantitative estimate of drug-likeness (QED) is 0.423. The molecule has 4 rings (SSSR count). The molecule has 0 saturated heterocycles. The summed E-state index contributed by atoms with van der Waals surface area (Å²) in [6, 6.07) is 16.1. The molecule has 1 heterocycles. The molecule has 0 aliphatic carbocycles. The van der Waals surface area contributed by atoms with Crippen molar-refractivity contribution in [1.82, 2.24) is 9.13 Å². The third-order valence-electron chi connectivity index (χ3n) is 6.02. The molecule has 0 aliphatic rings. The van der Waals surface area contributed by atoms with Gasteiger partial charge >= 0.3 is 5.69 Å². The average Bonchev–Trinajstić information content (AvgIpc) is 3.03. The predicted octanol–water partition coefficient (Wildman–Crippen LogP) is 3.98. The number of hydrogen-bond donors (Lipinski definition) is 1. The lowest BCUT2D eigenvalue weighted by Gasteiger charge is -2.25. The molecule has 1 amide bonds. The fraction of sp³-hybridized carbons (Fsp3) is 0.200. The third-order valence-corrected chi connectivity index (χ3v) is 8.06. The molecule has 35 heavy (non-hydrogen) atoms. The average molecular weight is 513 g/mol. The minimum absolute atomic E-state index is 0.0219. The molecule has 0 bridgehead atoms. The number of carbonyl (C=O) groups excluding carboxylic acids is 1. The molecular weight excluding hydrogens is 488 g/mol. The number of aryl methyl sites for hydroxylation is 4.